The van der Waals surface area contributed by atoms with Gasteiger partial charge in [-0.1, -0.05) is 66.8 Å². The lowest BCUT2D eigenvalue weighted by atomic mass is 10.0. The number of fused-ring (bicyclic) bond motifs is 3. The lowest BCUT2D eigenvalue weighted by molar-refractivity contribution is 0.0697. The Kier molecular flexibility index (Phi) is 3.87. The van der Waals surface area contributed by atoms with Gasteiger partial charge in [0.1, 0.15) is 0 Å². The highest BCUT2D eigenvalue weighted by atomic mass is 16.4. The third-order valence-corrected chi connectivity index (χ3v) is 5.35. The van der Waals surface area contributed by atoms with Crippen molar-refractivity contribution in [1.29, 1.82) is 0 Å². The molecule has 28 heavy (non-hydrogen) atoms. The van der Waals surface area contributed by atoms with E-state index in [0.29, 0.717) is 11.3 Å². The Morgan fingerprint density at radius 3 is 2.50 bits per heavy atom. The van der Waals surface area contributed by atoms with Gasteiger partial charge in [-0.15, -0.1) is 0 Å². The number of carboxylic acids is 1. The highest BCUT2D eigenvalue weighted by Gasteiger charge is 2.20. The summed E-state index contributed by atoms with van der Waals surface area (Å²) in [6.45, 7) is 0. The molecule has 1 heterocycles. The van der Waals surface area contributed by atoms with E-state index in [0.717, 1.165) is 45.8 Å². The second-order valence-corrected chi connectivity index (χ2v) is 7.05. The average Bonchev–Trinajstić information content (AvgIpc) is 3.14. The number of carboxylic acid groups (broad SMARTS) is 1. The second kappa shape index (κ2) is 6.54. The van der Waals surface area contributed by atoms with Gasteiger partial charge in [0.25, 0.3) is 0 Å². The van der Waals surface area contributed by atoms with Gasteiger partial charge < -0.3 is 9.67 Å². The van der Waals surface area contributed by atoms with E-state index in [2.05, 4.69) is 53.1 Å². The first-order valence-electron chi connectivity index (χ1n) is 9.47. The van der Waals surface area contributed by atoms with E-state index in [1.807, 2.05) is 24.3 Å². The van der Waals surface area contributed by atoms with Crippen LogP contribution >= 0.6 is 0 Å². The quantitative estimate of drug-likeness (QED) is 0.468. The maximum atomic E-state index is 12.0. The summed E-state index contributed by atoms with van der Waals surface area (Å²) in [7, 11) is 0. The molecule has 0 fully saturated rings. The summed E-state index contributed by atoms with van der Waals surface area (Å²) in [5.41, 5.74) is 4.19. The molecule has 1 aliphatic rings. The Labute approximate surface area is 162 Å². The van der Waals surface area contributed by atoms with Crippen molar-refractivity contribution < 1.29 is 9.90 Å². The highest BCUT2D eigenvalue weighted by Crippen LogP contribution is 2.36. The fourth-order valence-corrected chi connectivity index (χ4v) is 4.09. The number of aromatic carboxylic acids is 1. The molecule has 0 saturated carbocycles. The third kappa shape index (κ3) is 2.55. The van der Waals surface area contributed by atoms with E-state index in [4.69, 9.17) is 0 Å². The summed E-state index contributed by atoms with van der Waals surface area (Å²) in [5, 5.41) is 13.2. The van der Waals surface area contributed by atoms with Crippen LogP contribution in [-0.2, 0) is 0 Å². The SMILES string of the molecule is O=C(O)c1ccccc1-n1c(C2=CCCC=C2)cc2ccc3ccccc3c21. The first kappa shape index (κ1) is 16.6. The molecule has 0 spiro atoms. The van der Waals surface area contributed by atoms with Crippen molar-refractivity contribution in [3.63, 3.8) is 0 Å². The van der Waals surface area contributed by atoms with Crippen LogP contribution in [0.15, 0.2) is 85.0 Å². The summed E-state index contributed by atoms with van der Waals surface area (Å²) in [6, 6.07) is 21.9. The van der Waals surface area contributed by atoms with Crippen LogP contribution in [-0.4, -0.2) is 15.6 Å². The summed E-state index contributed by atoms with van der Waals surface area (Å²) in [6.07, 6.45) is 8.58. The van der Waals surface area contributed by atoms with Crippen molar-refractivity contribution in [2.24, 2.45) is 0 Å². The highest BCUT2D eigenvalue weighted by molar-refractivity contribution is 6.09. The van der Waals surface area contributed by atoms with Crippen LogP contribution in [0, 0.1) is 0 Å². The van der Waals surface area contributed by atoms with Crippen LogP contribution in [0.3, 0.4) is 0 Å². The van der Waals surface area contributed by atoms with Gasteiger partial charge in [0.05, 0.1) is 22.5 Å². The van der Waals surface area contributed by atoms with Crippen LogP contribution in [0.5, 0.6) is 0 Å². The average molecular weight is 365 g/mol. The van der Waals surface area contributed by atoms with Crippen molar-refractivity contribution in [3.8, 4) is 5.69 Å². The fraction of sp³-hybridized carbons (Fsp3) is 0.0800. The Morgan fingerprint density at radius 2 is 1.68 bits per heavy atom. The van der Waals surface area contributed by atoms with E-state index < -0.39 is 5.97 Å². The molecule has 3 nitrogen and oxygen atoms in total. The Hall–Kier alpha value is -3.59. The molecule has 1 N–H and O–H groups in total. The number of para-hydroxylation sites is 1. The number of hydrogen-bond donors (Lipinski definition) is 1. The predicted octanol–water partition coefficient (Wildman–Crippen LogP) is 6.22. The smallest absolute Gasteiger partial charge is 0.337 e. The molecule has 4 aromatic rings. The Morgan fingerprint density at radius 1 is 0.893 bits per heavy atom. The Bertz CT molecular complexity index is 1290. The minimum absolute atomic E-state index is 0.301. The molecule has 5 rings (SSSR count). The van der Waals surface area contributed by atoms with Gasteiger partial charge in [0.15, 0.2) is 0 Å². The Balaban J connectivity index is 1.95. The number of carbonyl (C=O) groups is 1. The maximum Gasteiger partial charge on any atom is 0.337 e. The van der Waals surface area contributed by atoms with Crippen molar-refractivity contribution in [3.05, 3.63) is 96.2 Å². The minimum atomic E-state index is -0.920. The second-order valence-electron chi connectivity index (χ2n) is 7.05. The van der Waals surface area contributed by atoms with Crippen molar-refractivity contribution in [1.82, 2.24) is 4.57 Å². The maximum absolute atomic E-state index is 12.0. The molecule has 3 heteroatoms. The van der Waals surface area contributed by atoms with Gasteiger partial charge in [-0.25, -0.2) is 4.79 Å². The van der Waals surface area contributed by atoms with Gasteiger partial charge in [-0.3, -0.25) is 0 Å². The van der Waals surface area contributed by atoms with Crippen LogP contribution < -0.4 is 0 Å². The summed E-state index contributed by atoms with van der Waals surface area (Å²) in [5.74, 6) is -0.920. The molecular weight excluding hydrogens is 346 g/mol. The molecular formula is C25H19NO2. The topological polar surface area (TPSA) is 42.2 Å². The fourth-order valence-electron chi connectivity index (χ4n) is 4.09. The van der Waals surface area contributed by atoms with Gasteiger partial charge in [-0.2, -0.15) is 0 Å². The zero-order valence-electron chi connectivity index (χ0n) is 15.3. The molecule has 1 aromatic heterocycles. The van der Waals surface area contributed by atoms with E-state index in [1.165, 1.54) is 0 Å². The van der Waals surface area contributed by atoms with Crippen molar-refractivity contribution in [2.45, 2.75) is 12.8 Å². The molecule has 0 bridgehead atoms. The van der Waals surface area contributed by atoms with Crippen LogP contribution in [0.4, 0.5) is 0 Å². The van der Waals surface area contributed by atoms with Gasteiger partial charge in [-0.05, 0) is 42.0 Å². The van der Waals surface area contributed by atoms with E-state index in [9.17, 15) is 9.90 Å². The first-order valence-corrected chi connectivity index (χ1v) is 9.47. The zero-order chi connectivity index (χ0) is 19.1. The third-order valence-electron chi connectivity index (χ3n) is 5.35. The number of benzene rings is 3. The van der Waals surface area contributed by atoms with Crippen molar-refractivity contribution >= 4 is 33.2 Å². The predicted molar refractivity (Wildman–Crippen MR) is 114 cm³/mol. The zero-order valence-corrected chi connectivity index (χ0v) is 15.3. The molecule has 1 aliphatic carbocycles. The van der Waals surface area contributed by atoms with E-state index in [-0.39, 0.29) is 0 Å². The van der Waals surface area contributed by atoms with E-state index >= 15 is 0 Å². The monoisotopic (exact) mass is 365 g/mol. The standard InChI is InChI=1S/C25H19NO2/c27-25(28)21-12-6-7-13-22(21)26-23(18-9-2-1-3-10-18)16-19-15-14-17-8-4-5-11-20(17)24(19)26/h2,4-16H,1,3H2,(H,27,28). The van der Waals surface area contributed by atoms with Gasteiger partial charge >= 0.3 is 5.97 Å². The van der Waals surface area contributed by atoms with Crippen LogP contribution in [0.25, 0.3) is 32.9 Å². The van der Waals surface area contributed by atoms with E-state index in [1.54, 1.807) is 12.1 Å². The minimum Gasteiger partial charge on any atom is -0.478 e. The number of hydrogen-bond acceptors (Lipinski definition) is 1. The number of rotatable bonds is 3. The lowest BCUT2D eigenvalue weighted by Gasteiger charge is -2.16. The number of nitrogens with zero attached hydrogens (tertiary/aromatic N) is 1. The van der Waals surface area contributed by atoms with Gasteiger partial charge in [0, 0.05) is 10.8 Å². The molecule has 0 atom stereocenters. The summed E-state index contributed by atoms with van der Waals surface area (Å²) >= 11 is 0. The number of allylic oxidation sites excluding steroid dienone is 4. The van der Waals surface area contributed by atoms with Crippen LogP contribution in [0.2, 0.25) is 0 Å². The normalized spacial score (nSPS) is 13.8. The molecule has 0 aliphatic heterocycles. The summed E-state index contributed by atoms with van der Waals surface area (Å²) < 4.78 is 2.11. The van der Waals surface area contributed by atoms with Crippen molar-refractivity contribution in [2.75, 3.05) is 0 Å². The first-order chi connectivity index (χ1) is 13.7. The molecule has 0 amide bonds. The van der Waals surface area contributed by atoms with Crippen LogP contribution in [0.1, 0.15) is 28.9 Å². The molecule has 3 aromatic carbocycles. The number of aromatic nitrogens is 1. The molecule has 0 saturated heterocycles. The largest absolute Gasteiger partial charge is 0.478 e. The van der Waals surface area contributed by atoms with Gasteiger partial charge in [0.2, 0.25) is 0 Å². The molecule has 0 radical (unpaired) electrons. The lowest BCUT2D eigenvalue weighted by Crippen LogP contribution is -2.07. The molecule has 0 unspecified atom stereocenters. The summed E-state index contributed by atoms with van der Waals surface area (Å²) in [4.78, 5) is 12.0. The molecule has 136 valence electrons.